The van der Waals surface area contributed by atoms with Crippen molar-refractivity contribution in [1.29, 1.82) is 10.5 Å². The van der Waals surface area contributed by atoms with Crippen LogP contribution in [0, 0.1) is 22.7 Å². The fourth-order valence-corrected chi connectivity index (χ4v) is 3.33. The molecule has 0 N–H and O–H groups in total. The molecular formula is C24H23N3O3. The van der Waals surface area contributed by atoms with E-state index in [0.717, 1.165) is 31.5 Å². The number of hydrogen-bond acceptors (Lipinski definition) is 5. The van der Waals surface area contributed by atoms with Gasteiger partial charge in [-0.1, -0.05) is 18.2 Å². The van der Waals surface area contributed by atoms with Crippen LogP contribution in [-0.2, 0) is 6.61 Å². The lowest BCUT2D eigenvalue weighted by molar-refractivity contribution is 0.0724. The number of likely N-dealkylation sites (tertiary alicyclic amines) is 1. The minimum absolute atomic E-state index is 0.0184. The van der Waals surface area contributed by atoms with Gasteiger partial charge in [0.25, 0.3) is 5.91 Å². The van der Waals surface area contributed by atoms with Gasteiger partial charge in [-0.15, -0.1) is 0 Å². The Hall–Kier alpha value is -3.77. The number of hydrogen-bond donors (Lipinski definition) is 0. The number of amides is 1. The number of methoxy groups -OCH3 is 1. The van der Waals surface area contributed by atoms with Crippen molar-refractivity contribution in [1.82, 2.24) is 4.90 Å². The van der Waals surface area contributed by atoms with Gasteiger partial charge in [0.05, 0.1) is 7.11 Å². The van der Waals surface area contributed by atoms with E-state index in [-0.39, 0.29) is 11.5 Å². The zero-order valence-corrected chi connectivity index (χ0v) is 16.9. The summed E-state index contributed by atoms with van der Waals surface area (Å²) in [5.74, 6) is 1.15. The van der Waals surface area contributed by atoms with Crippen LogP contribution in [0.25, 0.3) is 6.08 Å². The maximum Gasteiger partial charge on any atom is 0.253 e. The Kier molecular flexibility index (Phi) is 7.08. The molecule has 1 saturated heterocycles. The minimum Gasteiger partial charge on any atom is -0.493 e. The Labute approximate surface area is 176 Å². The van der Waals surface area contributed by atoms with Gasteiger partial charge in [0.15, 0.2) is 11.5 Å². The summed E-state index contributed by atoms with van der Waals surface area (Å²) in [6, 6.07) is 16.3. The van der Waals surface area contributed by atoms with Crippen LogP contribution in [0.5, 0.6) is 11.5 Å². The van der Waals surface area contributed by atoms with Gasteiger partial charge in [-0.25, -0.2) is 0 Å². The minimum atomic E-state index is 0.0184. The molecule has 1 amide bonds. The van der Waals surface area contributed by atoms with Crippen molar-refractivity contribution < 1.29 is 14.3 Å². The molecule has 0 spiro atoms. The van der Waals surface area contributed by atoms with Crippen LogP contribution < -0.4 is 9.47 Å². The lowest BCUT2D eigenvalue weighted by Crippen LogP contribution is -2.35. The first-order valence-electron chi connectivity index (χ1n) is 9.85. The highest BCUT2D eigenvalue weighted by Gasteiger charge is 2.17. The van der Waals surface area contributed by atoms with Crippen molar-refractivity contribution in [2.75, 3.05) is 20.2 Å². The topological polar surface area (TPSA) is 86.3 Å². The summed E-state index contributed by atoms with van der Waals surface area (Å²) in [6.45, 7) is 1.99. The van der Waals surface area contributed by atoms with Crippen molar-refractivity contribution in [3.63, 3.8) is 0 Å². The lowest BCUT2D eigenvalue weighted by atomic mass is 10.1. The summed E-state index contributed by atoms with van der Waals surface area (Å²) in [5, 5.41) is 17.8. The third kappa shape index (κ3) is 5.18. The second-order valence-corrected chi connectivity index (χ2v) is 7.03. The van der Waals surface area contributed by atoms with Gasteiger partial charge < -0.3 is 14.4 Å². The normalized spacial score (nSPS) is 13.0. The Bertz CT molecular complexity index is 991. The summed E-state index contributed by atoms with van der Waals surface area (Å²) in [7, 11) is 1.53. The molecule has 30 heavy (non-hydrogen) atoms. The third-order valence-electron chi connectivity index (χ3n) is 4.98. The van der Waals surface area contributed by atoms with Crippen LogP contribution in [0.2, 0.25) is 0 Å². The van der Waals surface area contributed by atoms with Crippen molar-refractivity contribution in [2.24, 2.45) is 0 Å². The standard InChI is InChI=1S/C24H23N3O3/c1-29-23-14-19(13-20(15-25)16-26)7-10-22(23)30-17-18-5-8-21(9-6-18)24(28)27-11-3-2-4-12-27/h5-10,13-14H,2-4,11-12,17H2,1H3. The molecule has 0 aliphatic carbocycles. The highest BCUT2D eigenvalue weighted by Crippen LogP contribution is 2.29. The molecule has 1 heterocycles. The van der Waals surface area contributed by atoms with E-state index in [0.29, 0.717) is 29.2 Å². The number of ether oxygens (including phenoxy) is 2. The van der Waals surface area contributed by atoms with Gasteiger partial charge in [-0.3, -0.25) is 4.79 Å². The number of rotatable bonds is 6. The van der Waals surface area contributed by atoms with Gasteiger partial charge in [-0.05, 0) is 60.7 Å². The first-order valence-corrected chi connectivity index (χ1v) is 9.85. The molecule has 0 atom stereocenters. The first kappa shape index (κ1) is 21.0. The molecule has 1 aliphatic heterocycles. The highest BCUT2D eigenvalue weighted by molar-refractivity contribution is 5.94. The van der Waals surface area contributed by atoms with Gasteiger partial charge in [0.1, 0.15) is 24.3 Å². The largest absolute Gasteiger partial charge is 0.493 e. The molecule has 6 heteroatoms. The quantitative estimate of drug-likeness (QED) is 0.673. The lowest BCUT2D eigenvalue weighted by Gasteiger charge is -2.26. The number of carbonyl (C=O) groups is 1. The number of nitrogens with zero attached hydrogens (tertiary/aromatic N) is 3. The van der Waals surface area contributed by atoms with E-state index in [9.17, 15) is 4.79 Å². The van der Waals surface area contributed by atoms with E-state index in [2.05, 4.69) is 0 Å². The van der Waals surface area contributed by atoms with E-state index in [1.54, 1.807) is 18.2 Å². The average molecular weight is 401 g/mol. The molecule has 0 saturated carbocycles. The maximum atomic E-state index is 12.6. The third-order valence-corrected chi connectivity index (χ3v) is 4.98. The summed E-state index contributed by atoms with van der Waals surface area (Å²) < 4.78 is 11.2. The van der Waals surface area contributed by atoms with Crippen LogP contribution in [0.15, 0.2) is 48.0 Å². The Morgan fingerprint density at radius 1 is 1.03 bits per heavy atom. The van der Waals surface area contributed by atoms with Crippen molar-refractivity contribution in [3.05, 3.63) is 64.7 Å². The second kappa shape index (κ2) is 10.1. The summed E-state index contributed by atoms with van der Waals surface area (Å²) >= 11 is 0. The number of piperidine rings is 1. The molecular weight excluding hydrogens is 378 g/mol. The van der Waals surface area contributed by atoms with Crippen LogP contribution in [0.1, 0.15) is 40.7 Å². The average Bonchev–Trinajstić information content (AvgIpc) is 2.81. The van der Waals surface area contributed by atoms with Gasteiger partial charge >= 0.3 is 0 Å². The monoisotopic (exact) mass is 401 g/mol. The van der Waals surface area contributed by atoms with Gasteiger partial charge in [0, 0.05) is 18.7 Å². The molecule has 6 nitrogen and oxygen atoms in total. The molecule has 2 aromatic carbocycles. The molecule has 3 rings (SSSR count). The first-order chi connectivity index (χ1) is 14.6. The van der Waals surface area contributed by atoms with Crippen molar-refractivity contribution in [3.8, 4) is 23.6 Å². The Morgan fingerprint density at radius 2 is 1.73 bits per heavy atom. The molecule has 1 fully saturated rings. The van der Waals surface area contributed by atoms with E-state index in [1.165, 1.54) is 19.6 Å². The predicted molar refractivity (Wildman–Crippen MR) is 113 cm³/mol. The summed E-state index contributed by atoms with van der Waals surface area (Å²) in [6.07, 6.45) is 4.83. The smallest absolute Gasteiger partial charge is 0.253 e. The molecule has 152 valence electrons. The van der Waals surface area contributed by atoms with E-state index < -0.39 is 0 Å². The van der Waals surface area contributed by atoms with Crippen molar-refractivity contribution in [2.45, 2.75) is 25.9 Å². The molecule has 0 aromatic heterocycles. The summed E-state index contributed by atoms with van der Waals surface area (Å²) in [4.78, 5) is 14.5. The molecule has 2 aromatic rings. The van der Waals surface area contributed by atoms with Crippen LogP contribution in [0.4, 0.5) is 0 Å². The van der Waals surface area contributed by atoms with Gasteiger partial charge in [0.2, 0.25) is 0 Å². The fourth-order valence-electron chi connectivity index (χ4n) is 3.33. The zero-order valence-electron chi connectivity index (χ0n) is 16.9. The predicted octanol–water partition coefficient (Wildman–Crippen LogP) is 4.33. The Balaban J connectivity index is 1.65. The van der Waals surface area contributed by atoms with E-state index >= 15 is 0 Å². The number of nitriles is 2. The van der Waals surface area contributed by atoms with Gasteiger partial charge in [-0.2, -0.15) is 10.5 Å². The van der Waals surface area contributed by atoms with E-state index in [1.807, 2.05) is 41.3 Å². The molecule has 0 unspecified atom stereocenters. The highest BCUT2D eigenvalue weighted by atomic mass is 16.5. The molecule has 0 bridgehead atoms. The van der Waals surface area contributed by atoms with Crippen LogP contribution >= 0.6 is 0 Å². The summed E-state index contributed by atoms with van der Waals surface area (Å²) in [5.41, 5.74) is 2.33. The fraction of sp³-hybridized carbons (Fsp3) is 0.292. The SMILES string of the molecule is COc1cc(C=C(C#N)C#N)ccc1OCc1ccc(C(=O)N2CCCCC2)cc1. The maximum absolute atomic E-state index is 12.6. The second-order valence-electron chi connectivity index (χ2n) is 7.03. The van der Waals surface area contributed by atoms with E-state index in [4.69, 9.17) is 20.0 Å². The number of allylic oxidation sites excluding steroid dienone is 1. The number of carbonyl (C=O) groups excluding carboxylic acids is 1. The van der Waals surface area contributed by atoms with Crippen LogP contribution in [-0.4, -0.2) is 31.0 Å². The van der Waals surface area contributed by atoms with Crippen molar-refractivity contribution >= 4 is 12.0 Å². The Morgan fingerprint density at radius 3 is 2.37 bits per heavy atom. The molecule has 0 radical (unpaired) electrons. The zero-order chi connectivity index (χ0) is 21.3. The van der Waals surface area contributed by atoms with Crippen LogP contribution in [0.3, 0.4) is 0 Å². The number of benzene rings is 2. The molecule has 1 aliphatic rings.